The number of carbonyl (C=O) groups excluding carboxylic acids is 1. The van der Waals surface area contributed by atoms with E-state index in [9.17, 15) is 28.1 Å². The molecule has 0 saturated heterocycles. The number of alkyl halides is 3. The van der Waals surface area contributed by atoms with E-state index in [1.807, 2.05) is 0 Å². The number of halogens is 3. The van der Waals surface area contributed by atoms with Crippen molar-refractivity contribution in [3.63, 3.8) is 0 Å². The summed E-state index contributed by atoms with van der Waals surface area (Å²) in [6.45, 7) is 0. The number of benzene rings is 2. The first-order valence-corrected chi connectivity index (χ1v) is 6.54. The Bertz CT molecular complexity index is 791. The molecule has 0 saturated carbocycles. The van der Waals surface area contributed by atoms with Crippen LogP contribution in [0.4, 0.5) is 24.5 Å². The molecule has 0 unspecified atom stereocenters. The molecule has 0 aliphatic carbocycles. The normalized spacial score (nSPS) is 11.0. The fourth-order valence-corrected chi connectivity index (χ4v) is 2.11. The van der Waals surface area contributed by atoms with Crippen molar-refractivity contribution in [3.05, 3.63) is 63.7 Å². The van der Waals surface area contributed by atoms with E-state index in [2.05, 4.69) is 10.1 Å². The Morgan fingerprint density at radius 1 is 1.17 bits per heavy atom. The van der Waals surface area contributed by atoms with Crippen molar-refractivity contribution in [2.24, 2.45) is 0 Å². The third-order valence-electron chi connectivity index (χ3n) is 3.12. The first-order chi connectivity index (χ1) is 11.3. The zero-order valence-electron chi connectivity index (χ0n) is 12.3. The Morgan fingerprint density at radius 3 is 2.42 bits per heavy atom. The summed E-state index contributed by atoms with van der Waals surface area (Å²) in [6.07, 6.45) is -4.78. The quantitative estimate of drug-likeness (QED) is 0.676. The maximum atomic E-state index is 13.2. The van der Waals surface area contributed by atoms with E-state index < -0.39 is 39.7 Å². The van der Waals surface area contributed by atoms with Crippen molar-refractivity contribution >= 4 is 17.3 Å². The number of carbonyl (C=O) groups is 1. The molecule has 6 nitrogen and oxygen atoms in total. The molecule has 0 aliphatic rings. The Labute approximate surface area is 134 Å². The van der Waals surface area contributed by atoms with Gasteiger partial charge in [-0.25, -0.2) is 0 Å². The number of nitrogens with one attached hydrogen (secondary N) is 1. The van der Waals surface area contributed by atoms with Gasteiger partial charge in [0, 0.05) is 6.07 Å². The number of nitro benzene ring substituents is 1. The molecule has 0 aromatic heterocycles. The fraction of sp³-hybridized carbons (Fsp3) is 0.133. The van der Waals surface area contributed by atoms with Crippen molar-refractivity contribution in [1.82, 2.24) is 0 Å². The second kappa shape index (κ2) is 6.57. The van der Waals surface area contributed by atoms with E-state index in [1.54, 1.807) is 0 Å². The summed E-state index contributed by atoms with van der Waals surface area (Å²) in [4.78, 5) is 22.3. The molecule has 126 valence electrons. The highest BCUT2D eigenvalue weighted by Gasteiger charge is 2.38. The van der Waals surface area contributed by atoms with Gasteiger partial charge in [0.1, 0.15) is 16.9 Å². The van der Waals surface area contributed by atoms with Gasteiger partial charge in [-0.2, -0.15) is 13.2 Å². The molecule has 0 heterocycles. The molecule has 0 spiro atoms. The minimum absolute atomic E-state index is 0.349. The standard InChI is InChI=1S/C15H11F3N2O4/c1-24-12-8-4-6-10(13(12)15(16,17)18)19-14(21)9-5-2-3-7-11(9)20(22)23/h2-8H,1H3,(H,19,21). The number of hydrogen-bond acceptors (Lipinski definition) is 4. The van der Waals surface area contributed by atoms with Gasteiger partial charge in [0.2, 0.25) is 0 Å². The number of methoxy groups -OCH3 is 1. The lowest BCUT2D eigenvalue weighted by Gasteiger charge is -2.17. The SMILES string of the molecule is COc1cccc(NC(=O)c2ccccc2[N+](=O)[O-])c1C(F)(F)F. The lowest BCUT2D eigenvalue weighted by molar-refractivity contribution is -0.385. The van der Waals surface area contributed by atoms with Crippen LogP contribution in [-0.4, -0.2) is 17.9 Å². The van der Waals surface area contributed by atoms with E-state index in [4.69, 9.17) is 0 Å². The number of anilines is 1. The molecular formula is C15H11F3N2O4. The van der Waals surface area contributed by atoms with Gasteiger partial charge in [-0.1, -0.05) is 18.2 Å². The van der Waals surface area contributed by atoms with Crippen LogP contribution in [0.2, 0.25) is 0 Å². The summed E-state index contributed by atoms with van der Waals surface area (Å²) in [5.41, 5.74) is -2.57. The van der Waals surface area contributed by atoms with Crippen LogP contribution in [0.3, 0.4) is 0 Å². The second-order valence-electron chi connectivity index (χ2n) is 4.61. The minimum Gasteiger partial charge on any atom is -0.496 e. The summed E-state index contributed by atoms with van der Waals surface area (Å²) in [6, 6.07) is 8.37. The Morgan fingerprint density at radius 2 is 1.83 bits per heavy atom. The van der Waals surface area contributed by atoms with Gasteiger partial charge >= 0.3 is 6.18 Å². The molecule has 0 aliphatic heterocycles. The second-order valence-corrected chi connectivity index (χ2v) is 4.61. The first kappa shape index (κ1) is 17.3. The van der Waals surface area contributed by atoms with Crippen LogP contribution >= 0.6 is 0 Å². The van der Waals surface area contributed by atoms with Crippen molar-refractivity contribution in [2.75, 3.05) is 12.4 Å². The number of rotatable bonds is 4. The van der Waals surface area contributed by atoms with Gasteiger partial charge in [0.25, 0.3) is 11.6 Å². The third-order valence-corrected chi connectivity index (χ3v) is 3.12. The highest BCUT2D eigenvalue weighted by atomic mass is 19.4. The van der Waals surface area contributed by atoms with Crippen LogP contribution in [0.25, 0.3) is 0 Å². The highest BCUT2D eigenvalue weighted by molar-refractivity contribution is 6.07. The Balaban J connectivity index is 2.46. The molecule has 0 atom stereocenters. The molecule has 2 aromatic rings. The van der Waals surface area contributed by atoms with E-state index in [0.717, 1.165) is 31.4 Å². The van der Waals surface area contributed by atoms with E-state index in [-0.39, 0.29) is 5.56 Å². The van der Waals surface area contributed by atoms with E-state index in [1.165, 1.54) is 18.2 Å². The van der Waals surface area contributed by atoms with Gasteiger partial charge < -0.3 is 10.1 Å². The van der Waals surface area contributed by atoms with Gasteiger partial charge in [-0.15, -0.1) is 0 Å². The van der Waals surface area contributed by atoms with Crippen molar-refractivity contribution in [1.29, 1.82) is 0 Å². The number of nitro groups is 1. The number of amides is 1. The average molecular weight is 340 g/mol. The molecule has 9 heteroatoms. The molecule has 2 rings (SSSR count). The molecular weight excluding hydrogens is 329 g/mol. The molecule has 0 radical (unpaired) electrons. The topological polar surface area (TPSA) is 81.5 Å². The van der Waals surface area contributed by atoms with Crippen LogP contribution in [0.15, 0.2) is 42.5 Å². The summed E-state index contributed by atoms with van der Waals surface area (Å²) in [5.74, 6) is -1.50. The third kappa shape index (κ3) is 3.45. The Hall–Kier alpha value is -3.10. The summed E-state index contributed by atoms with van der Waals surface area (Å²) in [5, 5.41) is 13.0. The van der Waals surface area contributed by atoms with Crippen LogP contribution < -0.4 is 10.1 Å². The molecule has 24 heavy (non-hydrogen) atoms. The van der Waals surface area contributed by atoms with E-state index >= 15 is 0 Å². The molecule has 0 bridgehead atoms. The average Bonchev–Trinajstić information content (AvgIpc) is 2.53. The molecule has 1 N–H and O–H groups in total. The molecule has 1 amide bonds. The predicted molar refractivity (Wildman–Crippen MR) is 79.0 cm³/mol. The maximum absolute atomic E-state index is 13.2. The van der Waals surface area contributed by atoms with Gasteiger partial charge in [-0.3, -0.25) is 14.9 Å². The van der Waals surface area contributed by atoms with Crippen LogP contribution in [0.5, 0.6) is 5.75 Å². The van der Waals surface area contributed by atoms with Crippen LogP contribution in [0, 0.1) is 10.1 Å². The Kier molecular flexibility index (Phi) is 4.72. The zero-order valence-corrected chi connectivity index (χ0v) is 12.3. The smallest absolute Gasteiger partial charge is 0.421 e. The first-order valence-electron chi connectivity index (χ1n) is 6.54. The highest BCUT2D eigenvalue weighted by Crippen LogP contribution is 2.41. The predicted octanol–water partition coefficient (Wildman–Crippen LogP) is 3.87. The summed E-state index contributed by atoms with van der Waals surface area (Å²) >= 11 is 0. The number of ether oxygens (including phenoxy) is 1. The van der Waals surface area contributed by atoms with Gasteiger partial charge in [0.05, 0.1) is 17.7 Å². The monoisotopic (exact) mass is 340 g/mol. The number of para-hydroxylation sites is 1. The van der Waals surface area contributed by atoms with Crippen molar-refractivity contribution in [2.45, 2.75) is 6.18 Å². The van der Waals surface area contributed by atoms with Crippen LogP contribution in [0.1, 0.15) is 15.9 Å². The van der Waals surface area contributed by atoms with Crippen molar-refractivity contribution < 1.29 is 27.6 Å². The van der Waals surface area contributed by atoms with Gasteiger partial charge in [-0.05, 0) is 18.2 Å². The summed E-state index contributed by atoms with van der Waals surface area (Å²) < 4.78 is 44.3. The lowest BCUT2D eigenvalue weighted by atomic mass is 10.1. The fourth-order valence-electron chi connectivity index (χ4n) is 2.11. The van der Waals surface area contributed by atoms with Crippen LogP contribution in [-0.2, 0) is 6.18 Å². The molecule has 2 aromatic carbocycles. The zero-order chi connectivity index (χ0) is 17.9. The summed E-state index contributed by atoms with van der Waals surface area (Å²) in [7, 11) is 1.07. The number of hydrogen-bond donors (Lipinski definition) is 1. The van der Waals surface area contributed by atoms with Crippen molar-refractivity contribution in [3.8, 4) is 5.75 Å². The van der Waals surface area contributed by atoms with Gasteiger partial charge in [0.15, 0.2) is 0 Å². The largest absolute Gasteiger partial charge is 0.496 e. The number of nitrogens with zero attached hydrogens (tertiary/aromatic N) is 1. The minimum atomic E-state index is -4.78. The lowest BCUT2D eigenvalue weighted by Crippen LogP contribution is -2.18. The molecule has 0 fully saturated rings. The van der Waals surface area contributed by atoms with E-state index in [0.29, 0.717) is 0 Å². The maximum Gasteiger partial charge on any atom is 0.421 e.